The number of halogens is 1. The van der Waals surface area contributed by atoms with E-state index in [4.69, 9.17) is 9.47 Å². The van der Waals surface area contributed by atoms with Gasteiger partial charge in [0.2, 0.25) is 0 Å². The quantitative estimate of drug-likeness (QED) is 0.198. The minimum absolute atomic E-state index is 0. The minimum Gasteiger partial charge on any atom is -1.00 e. The highest BCUT2D eigenvalue weighted by molar-refractivity contribution is 5.86. The smallest absolute Gasteiger partial charge is 0.407 e. The molecule has 0 aromatic carbocycles. The van der Waals surface area contributed by atoms with E-state index in [9.17, 15) is 9.59 Å². The topological polar surface area (TPSA) is 92.3 Å². The summed E-state index contributed by atoms with van der Waals surface area (Å²) >= 11 is 0. The molecule has 0 spiro atoms. The second-order valence-corrected chi connectivity index (χ2v) is 8.90. The summed E-state index contributed by atoms with van der Waals surface area (Å²) in [4.78, 5) is 23.2. The molecule has 6 unspecified atom stereocenters. The van der Waals surface area contributed by atoms with Gasteiger partial charge in [0.15, 0.2) is 0 Å². The van der Waals surface area contributed by atoms with Gasteiger partial charge in [-0.15, -0.1) is 13.2 Å². The molecule has 0 bridgehead atoms. The van der Waals surface area contributed by atoms with Crippen molar-refractivity contribution in [2.45, 2.75) is 32.6 Å². The Morgan fingerprint density at radius 2 is 1.69 bits per heavy atom. The van der Waals surface area contributed by atoms with Gasteiger partial charge in [-0.05, 0) is 56.3 Å². The monoisotopic (exact) mass is 466 g/mol. The van der Waals surface area contributed by atoms with Crippen molar-refractivity contribution in [2.75, 3.05) is 26.3 Å². The van der Waals surface area contributed by atoms with E-state index < -0.39 is 12.1 Å². The number of carbonyl (C=O) groups excluding carboxylic acids is 2. The summed E-state index contributed by atoms with van der Waals surface area (Å²) < 4.78 is 10.3. The van der Waals surface area contributed by atoms with Gasteiger partial charge in [0, 0.05) is 17.4 Å². The van der Waals surface area contributed by atoms with Gasteiger partial charge in [-0.25, -0.2) is 9.59 Å². The molecule has 0 aromatic heterocycles. The van der Waals surface area contributed by atoms with E-state index in [1.807, 2.05) is 6.08 Å². The molecule has 7 heteroatoms. The molecule has 0 radical (unpaired) electrons. The molecule has 2 fully saturated rings. The number of hydrogen-bond acceptors (Lipinski definition) is 4. The van der Waals surface area contributed by atoms with Crippen LogP contribution in [0, 0.1) is 35.5 Å². The largest absolute Gasteiger partial charge is 1.00 e. The Hall–Kier alpha value is -2.05. The first-order chi connectivity index (χ1) is 14.9. The lowest BCUT2D eigenvalue weighted by Gasteiger charge is -2.16. The normalized spacial score (nSPS) is 29.2. The fraction of sp³-hybridized carbons (Fsp3) is 0.600. The first kappa shape index (κ1) is 28.0. The minimum atomic E-state index is -0.493. The van der Waals surface area contributed by atoms with Gasteiger partial charge in [-0.3, -0.25) is 0 Å². The summed E-state index contributed by atoms with van der Waals surface area (Å²) in [7, 11) is 0. The zero-order valence-electron chi connectivity index (χ0n) is 19.3. The maximum Gasteiger partial charge on any atom is 0.407 e. The van der Waals surface area contributed by atoms with E-state index >= 15 is 0 Å². The van der Waals surface area contributed by atoms with Crippen molar-refractivity contribution in [2.24, 2.45) is 35.5 Å². The zero-order valence-corrected chi connectivity index (χ0v) is 20.0. The number of alkyl carbamates (subject to hydrolysis) is 1. The fourth-order valence-electron chi connectivity index (χ4n) is 4.76. The van der Waals surface area contributed by atoms with Gasteiger partial charge in [0.05, 0.1) is 19.7 Å². The Morgan fingerprint density at radius 3 is 2.31 bits per heavy atom. The molecule has 2 aliphatic rings. The van der Waals surface area contributed by atoms with Crippen molar-refractivity contribution < 1.29 is 37.2 Å². The molecule has 0 heterocycles. The highest BCUT2D eigenvalue weighted by Crippen LogP contribution is 2.41. The number of quaternary nitrogens is 1. The molecule has 0 aromatic rings. The molecule has 6 nitrogen and oxygen atoms in total. The number of ether oxygens (including phenoxy) is 2. The van der Waals surface area contributed by atoms with Crippen molar-refractivity contribution in [3.05, 3.63) is 49.6 Å². The molecular weight excluding hydrogens is 428 g/mol. The summed E-state index contributed by atoms with van der Waals surface area (Å²) in [5.41, 5.74) is 4.45. The standard InChI is InChI=1S/C25H38N2O4.ClH/c1-5-18-11-21(22(12-18)15-26)8-7-19-13-20(6-2)23(14-19)16-31-25(29)27-9-10-30-24(28)17(3)4;/h5-8,18-23H,1-3,9-16,26H2,4H3,(H,27,29);1H/b8-7-;. The van der Waals surface area contributed by atoms with E-state index in [0.717, 1.165) is 19.4 Å². The molecule has 32 heavy (non-hydrogen) atoms. The van der Waals surface area contributed by atoms with Gasteiger partial charge >= 0.3 is 12.1 Å². The molecule has 0 aliphatic heterocycles. The number of allylic oxidation sites excluding steroid dienone is 4. The van der Waals surface area contributed by atoms with Crippen LogP contribution in [-0.4, -0.2) is 38.4 Å². The van der Waals surface area contributed by atoms with Crippen molar-refractivity contribution in [1.82, 2.24) is 5.32 Å². The third kappa shape index (κ3) is 8.47. The lowest BCUT2D eigenvalue weighted by atomic mass is 9.93. The van der Waals surface area contributed by atoms with Crippen molar-refractivity contribution in [3.63, 3.8) is 0 Å². The van der Waals surface area contributed by atoms with Crippen LogP contribution >= 0.6 is 0 Å². The van der Waals surface area contributed by atoms with E-state index in [1.54, 1.807) is 6.92 Å². The van der Waals surface area contributed by atoms with Crippen LogP contribution in [0.1, 0.15) is 32.6 Å². The van der Waals surface area contributed by atoms with E-state index in [0.29, 0.717) is 41.8 Å². The summed E-state index contributed by atoms with van der Waals surface area (Å²) in [6.07, 6.45) is 12.7. The molecule has 6 atom stereocenters. The molecule has 180 valence electrons. The third-order valence-corrected chi connectivity index (χ3v) is 6.59. The lowest BCUT2D eigenvalue weighted by molar-refractivity contribution is -0.380. The maximum atomic E-state index is 11.9. The van der Waals surface area contributed by atoms with Crippen molar-refractivity contribution >= 4 is 12.1 Å². The molecule has 2 aliphatic carbocycles. The first-order valence-electron chi connectivity index (χ1n) is 11.3. The van der Waals surface area contributed by atoms with E-state index in [2.05, 4.69) is 49.0 Å². The first-order valence-corrected chi connectivity index (χ1v) is 11.3. The van der Waals surface area contributed by atoms with Crippen LogP contribution in [0.2, 0.25) is 0 Å². The number of carbonyl (C=O) groups is 2. The van der Waals surface area contributed by atoms with Gasteiger partial charge < -0.3 is 32.9 Å². The van der Waals surface area contributed by atoms with Crippen LogP contribution in [0.3, 0.4) is 0 Å². The molecule has 4 N–H and O–H groups in total. The van der Waals surface area contributed by atoms with Crippen LogP contribution in [0.4, 0.5) is 4.79 Å². The Morgan fingerprint density at radius 1 is 1.00 bits per heavy atom. The summed E-state index contributed by atoms with van der Waals surface area (Å²) in [6, 6.07) is 0. The predicted octanol–water partition coefficient (Wildman–Crippen LogP) is 0.291. The van der Waals surface area contributed by atoms with Gasteiger partial charge in [0.25, 0.3) is 0 Å². The molecule has 1 amide bonds. The Balaban J connectivity index is 0.00000512. The second-order valence-electron chi connectivity index (χ2n) is 8.90. The average Bonchev–Trinajstić information content (AvgIpc) is 3.36. The van der Waals surface area contributed by atoms with Crippen molar-refractivity contribution in [1.29, 1.82) is 0 Å². The number of esters is 1. The van der Waals surface area contributed by atoms with Gasteiger partial charge in [0.1, 0.15) is 6.61 Å². The Bertz CT molecular complexity index is 693. The number of nitrogens with one attached hydrogen (secondary N) is 1. The Labute approximate surface area is 198 Å². The van der Waals surface area contributed by atoms with Crippen LogP contribution in [-0.2, 0) is 14.3 Å². The fourth-order valence-corrected chi connectivity index (χ4v) is 4.76. The summed E-state index contributed by atoms with van der Waals surface area (Å²) in [5.74, 6) is 2.47. The molecular formula is C25H39ClN2O4. The van der Waals surface area contributed by atoms with E-state index in [-0.39, 0.29) is 31.5 Å². The summed E-state index contributed by atoms with van der Waals surface area (Å²) in [5, 5.41) is 2.61. The number of rotatable bonds is 11. The predicted molar refractivity (Wildman–Crippen MR) is 122 cm³/mol. The highest BCUT2D eigenvalue weighted by Gasteiger charge is 2.34. The molecule has 2 saturated carbocycles. The summed E-state index contributed by atoms with van der Waals surface area (Å²) in [6.45, 7) is 14.7. The molecule has 0 saturated heterocycles. The second kappa shape index (κ2) is 14.2. The van der Waals surface area contributed by atoms with E-state index in [1.165, 1.54) is 12.8 Å². The SMILES string of the molecule is C=CC1CC(/C=C\C2CC(C=C)C(COC(=O)NCCOC(=O)C(=C)C)C2)C(C[NH3+])C1.[Cl-]. The number of hydrogen-bond donors (Lipinski definition) is 2. The average molecular weight is 467 g/mol. The van der Waals surface area contributed by atoms with Crippen LogP contribution in [0.15, 0.2) is 49.6 Å². The van der Waals surface area contributed by atoms with Crippen LogP contribution in [0.5, 0.6) is 0 Å². The van der Waals surface area contributed by atoms with Crippen molar-refractivity contribution in [3.8, 4) is 0 Å². The molecule has 2 rings (SSSR count). The number of amides is 1. The Kier molecular flexibility index (Phi) is 12.4. The maximum absolute atomic E-state index is 11.9. The van der Waals surface area contributed by atoms with Crippen LogP contribution < -0.4 is 23.5 Å². The highest BCUT2D eigenvalue weighted by atomic mass is 35.5. The van der Waals surface area contributed by atoms with Crippen LogP contribution in [0.25, 0.3) is 0 Å². The zero-order chi connectivity index (χ0) is 22.8. The lowest BCUT2D eigenvalue weighted by Crippen LogP contribution is -3.00. The third-order valence-electron chi connectivity index (χ3n) is 6.59. The van der Waals surface area contributed by atoms with Gasteiger partial charge in [-0.2, -0.15) is 0 Å². The van der Waals surface area contributed by atoms with Gasteiger partial charge in [-0.1, -0.05) is 30.9 Å².